The van der Waals surface area contributed by atoms with Gasteiger partial charge in [0, 0.05) is 26.2 Å². The van der Waals surface area contributed by atoms with Crippen molar-refractivity contribution in [3.05, 3.63) is 11.9 Å². The Morgan fingerprint density at radius 2 is 2.24 bits per heavy atom. The zero-order chi connectivity index (χ0) is 15.1. The van der Waals surface area contributed by atoms with Crippen LogP contribution in [0.15, 0.2) is 11.1 Å². The third kappa shape index (κ3) is 2.51. The maximum Gasteiger partial charge on any atom is 0.246 e. The van der Waals surface area contributed by atoms with Crippen molar-refractivity contribution in [1.82, 2.24) is 19.4 Å². The van der Waals surface area contributed by atoms with E-state index in [0.717, 1.165) is 38.0 Å². The minimum absolute atomic E-state index is 0.139. The van der Waals surface area contributed by atoms with Gasteiger partial charge in [-0.2, -0.15) is 9.40 Å². The highest BCUT2D eigenvalue weighted by molar-refractivity contribution is 7.89. The smallest absolute Gasteiger partial charge is 0.246 e. The summed E-state index contributed by atoms with van der Waals surface area (Å²) in [6.45, 7) is 7.74. The normalized spacial score (nSPS) is 27.5. The topological polar surface area (TPSA) is 67.2 Å². The van der Waals surface area contributed by atoms with Crippen LogP contribution in [-0.4, -0.2) is 48.7 Å². The summed E-state index contributed by atoms with van der Waals surface area (Å²) in [6, 6.07) is 0. The average molecular weight is 312 g/mol. The summed E-state index contributed by atoms with van der Waals surface area (Å²) in [5, 5.41) is 7.59. The molecular weight excluding hydrogens is 288 g/mol. The summed E-state index contributed by atoms with van der Waals surface area (Å²) in [7, 11) is -3.41. The van der Waals surface area contributed by atoms with Crippen molar-refractivity contribution in [3.63, 3.8) is 0 Å². The Balaban J connectivity index is 1.84. The zero-order valence-corrected chi connectivity index (χ0v) is 13.6. The number of piperidine rings is 1. The van der Waals surface area contributed by atoms with Gasteiger partial charge in [0.2, 0.25) is 10.0 Å². The summed E-state index contributed by atoms with van der Waals surface area (Å²) < 4.78 is 29.1. The molecule has 3 rings (SSSR count). The lowest BCUT2D eigenvalue weighted by Gasteiger charge is -2.33. The van der Waals surface area contributed by atoms with Crippen molar-refractivity contribution in [1.29, 1.82) is 0 Å². The molecule has 1 spiro atoms. The molecule has 6 nitrogen and oxygen atoms in total. The Kier molecular flexibility index (Phi) is 3.83. The van der Waals surface area contributed by atoms with Gasteiger partial charge in [-0.05, 0) is 45.1 Å². The Labute approximate surface area is 126 Å². The molecule has 2 saturated heterocycles. The van der Waals surface area contributed by atoms with Crippen LogP contribution in [-0.2, 0) is 16.6 Å². The second kappa shape index (κ2) is 5.37. The van der Waals surface area contributed by atoms with E-state index in [0.29, 0.717) is 24.5 Å². The molecule has 0 saturated carbocycles. The molecule has 3 heterocycles. The van der Waals surface area contributed by atoms with E-state index >= 15 is 0 Å². The van der Waals surface area contributed by atoms with Crippen molar-refractivity contribution in [3.8, 4) is 0 Å². The fraction of sp³-hybridized carbons (Fsp3) is 0.786. The van der Waals surface area contributed by atoms with Gasteiger partial charge in [0.25, 0.3) is 0 Å². The largest absolute Gasteiger partial charge is 0.316 e. The minimum atomic E-state index is -3.41. The Bertz CT molecular complexity index is 617. The van der Waals surface area contributed by atoms with Crippen LogP contribution in [0.5, 0.6) is 0 Å². The Morgan fingerprint density at radius 1 is 1.43 bits per heavy atom. The van der Waals surface area contributed by atoms with Gasteiger partial charge in [0.1, 0.15) is 4.90 Å². The molecule has 1 aromatic rings. The molecule has 0 amide bonds. The van der Waals surface area contributed by atoms with E-state index in [-0.39, 0.29) is 5.41 Å². The van der Waals surface area contributed by atoms with Gasteiger partial charge >= 0.3 is 0 Å². The maximum atomic E-state index is 12.9. The summed E-state index contributed by atoms with van der Waals surface area (Å²) in [5.41, 5.74) is 0.875. The molecule has 2 aliphatic heterocycles. The van der Waals surface area contributed by atoms with Gasteiger partial charge in [-0.25, -0.2) is 8.42 Å². The van der Waals surface area contributed by atoms with E-state index in [1.807, 2.05) is 13.8 Å². The van der Waals surface area contributed by atoms with Gasteiger partial charge in [0.15, 0.2) is 0 Å². The predicted molar refractivity (Wildman–Crippen MR) is 80.6 cm³/mol. The van der Waals surface area contributed by atoms with Crippen LogP contribution in [0.1, 0.15) is 31.9 Å². The molecule has 7 heteroatoms. The van der Waals surface area contributed by atoms with Crippen molar-refractivity contribution in [2.75, 3.05) is 26.2 Å². The quantitative estimate of drug-likeness (QED) is 0.903. The molecule has 1 N–H and O–H groups in total. The highest BCUT2D eigenvalue weighted by atomic mass is 32.2. The molecule has 118 valence electrons. The molecule has 0 bridgehead atoms. The first-order valence-electron chi connectivity index (χ1n) is 7.72. The average Bonchev–Trinajstić information content (AvgIpc) is 3.05. The lowest BCUT2D eigenvalue weighted by molar-refractivity contribution is 0.224. The second-order valence-corrected chi connectivity index (χ2v) is 8.19. The summed E-state index contributed by atoms with van der Waals surface area (Å²) >= 11 is 0. The number of rotatable bonds is 3. The van der Waals surface area contributed by atoms with E-state index in [1.165, 1.54) is 6.20 Å². The van der Waals surface area contributed by atoms with Gasteiger partial charge in [-0.15, -0.1) is 0 Å². The highest BCUT2D eigenvalue weighted by Gasteiger charge is 2.44. The first-order valence-corrected chi connectivity index (χ1v) is 9.16. The lowest BCUT2D eigenvalue weighted by Crippen LogP contribution is -2.42. The Morgan fingerprint density at radius 3 is 2.86 bits per heavy atom. The van der Waals surface area contributed by atoms with Crippen LogP contribution < -0.4 is 5.32 Å². The molecule has 0 aromatic carbocycles. The Hall–Kier alpha value is -0.920. The van der Waals surface area contributed by atoms with E-state index < -0.39 is 10.0 Å². The third-order valence-corrected chi connectivity index (χ3v) is 6.89. The van der Waals surface area contributed by atoms with Crippen molar-refractivity contribution in [2.45, 2.75) is 44.6 Å². The third-order valence-electron chi connectivity index (χ3n) is 4.94. The van der Waals surface area contributed by atoms with Crippen LogP contribution >= 0.6 is 0 Å². The monoisotopic (exact) mass is 312 g/mol. The van der Waals surface area contributed by atoms with Gasteiger partial charge < -0.3 is 5.32 Å². The summed E-state index contributed by atoms with van der Waals surface area (Å²) in [6.07, 6.45) is 4.72. The molecular formula is C14H24N4O2S. The minimum Gasteiger partial charge on any atom is -0.316 e. The molecule has 1 unspecified atom stereocenters. The fourth-order valence-electron chi connectivity index (χ4n) is 3.62. The van der Waals surface area contributed by atoms with Gasteiger partial charge in [-0.3, -0.25) is 4.68 Å². The van der Waals surface area contributed by atoms with Crippen LogP contribution in [0.3, 0.4) is 0 Å². The number of aryl methyl sites for hydroxylation is 1. The van der Waals surface area contributed by atoms with Crippen LogP contribution in [0.2, 0.25) is 0 Å². The zero-order valence-electron chi connectivity index (χ0n) is 12.8. The molecule has 0 radical (unpaired) electrons. The molecule has 2 fully saturated rings. The first-order chi connectivity index (χ1) is 9.98. The predicted octanol–water partition coefficient (Wildman–Crippen LogP) is 0.976. The second-order valence-electron chi connectivity index (χ2n) is 6.28. The van der Waals surface area contributed by atoms with Gasteiger partial charge in [-0.1, -0.05) is 0 Å². The van der Waals surface area contributed by atoms with Gasteiger partial charge in [0.05, 0.1) is 11.9 Å². The van der Waals surface area contributed by atoms with Crippen molar-refractivity contribution in [2.24, 2.45) is 5.41 Å². The number of hydrogen-bond donors (Lipinski definition) is 1. The van der Waals surface area contributed by atoms with E-state index in [4.69, 9.17) is 0 Å². The van der Waals surface area contributed by atoms with Crippen molar-refractivity contribution < 1.29 is 8.42 Å². The highest BCUT2D eigenvalue weighted by Crippen LogP contribution is 2.38. The number of nitrogens with zero attached hydrogens (tertiary/aromatic N) is 3. The van der Waals surface area contributed by atoms with E-state index in [1.54, 1.807) is 8.99 Å². The number of hydrogen-bond acceptors (Lipinski definition) is 4. The number of sulfonamides is 1. The van der Waals surface area contributed by atoms with Crippen LogP contribution in [0.25, 0.3) is 0 Å². The number of nitrogens with one attached hydrogen (secondary N) is 1. The van der Waals surface area contributed by atoms with E-state index in [2.05, 4.69) is 10.4 Å². The lowest BCUT2D eigenvalue weighted by atomic mass is 9.80. The summed E-state index contributed by atoms with van der Waals surface area (Å²) in [4.78, 5) is 0.366. The maximum absolute atomic E-state index is 12.9. The van der Waals surface area contributed by atoms with Crippen LogP contribution in [0.4, 0.5) is 0 Å². The SMILES string of the molecule is CCn1ncc(S(=O)(=O)N2CCC3(CCCNC3)C2)c1C. The fourth-order valence-corrected chi connectivity index (χ4v) is 5.33. The molecule has 21 heavy (non-hydrogen) atoms. The first kappa shape index (κ1) is 15.0. The standard InChI is InChI=1S/C14H24N4O2S/c1-3-18-12(2)13(9-16-18)21(19,20)17-8-6-14(11-17)5-4-7-15-10-14/h9,15H,3-8,10-11H2,1-2H3. The molecule has 1 atom stereocenters. The van der Waals surface area contributed by atoms with Crippen LogP contribution in [0, 0.1) is 12.3 Å². The van der Waals surface area contributed by atoms with E-state index in [9.17, 15) is 8.42 Å². The number of aromatic nitrogens is 2. The summed E-state index contributed by atoms with van der Waals surface area (Å²) in [5.74, 6) is 0. The molecule has 2 aliphatic rings. The molecule has 0 aliphatic carbocycles. The van der Waals surface area contributed by atoms with Crippen molar-refractivity contribution >= 4 is 10.0 Å². The molecule has 1 aromatic heterocycles.